The Hall–Kier alpha value is -3.14. The van der Waals surface area contributed by atoms with Gasteiger partial charge in [-0.05, 0) is 78.9 Å². The Morgan fingerprint density at radius 1 is 0.968 bits per heavy atom. The molecule has 3 rings (SSSR count). The summed E-state index contributed by atoms with van der Waals surface area (Å²) in [6.07, 6.45) is 2.55. The van der Waals surface area contributed by atoms with Crippen molar-refractivity contribution in [3.63, 3.8) is 0 Å². The predicted molar refractivity (Wildman–Crippen MR) is 122 cm³/mol. The summed E-state index contributed by atoms with van der Waals surface area (Å²) in [6, 6.07) is 19.4. The molecule has 0 fully saturated rings. The second kappa shape index (κ2) is 10.8. The SMILES string of the molecule is CCOc1ccc(-c2cc(F)ccc2Oc2cccc(C/C=C(\F)CC(C)C)c2)cc1. The van der Waals surface area contributed by atoms with E-state index in [1.54, 1.807) is 12.1 Å². The van der Waals surface area contributed by atoms with Gasteiger partial charge >= 0.3 is 0 Å². The maximum atomic E-state index is 14.0. The van der Waals surface area contributed by atoms with Crippen molar-refractivity contribution in [2.24, 2.45) is 5.92 Å². The van der Waals surface area contributed by atoms with Crippen molar-refractivity contribution in [3.05, 3.63) is 90.0 Å². The van der Waals surface area contributed by atoms with Gasteiger partial charge in [0.2, 0.25) is 0 Å². The highest BCUT2D eigenvalue weighted by atomic mass is 19.1. The first kappa shape index (κ1) is 22.5. The smallest absolute Gasteiger partial charge is 0.135 e. The predicted octanol–water partition coefficient (Wildman–Crippen LogP) is 8.13. The molecule has 31 heavy (non-hydrogen) atoms. The summed E-state index contributed by atoms with van der Waals surface area (Å²) in [7, 11) is 0. The van der Waals surface area contributed by atoms with E-state index < -0.39 is 0 Å². The standard InChI is InChI=1S/C27H28F2O2/c1-4-30-24-13-9-21(10-14-24)26-18-23(29)12-15-27(26)31-25-7-5-6-20(17-25)8-11-22(28)16-19(2)3/h5-7,9-15,17-19H,4,8,16H2,1-3H3/b22-11-. The molecule has 0 heterocycles. The molecule has 0 saturated carbocycles. The lowest BCUT2D eigenvalue weighted by molar-refractivity contribution is 0.340. The minimum Gasteiger partial charge on any atom is -0.494 e. The minimum atomic E-state index is -0.337. The van der Waals surface area contributed by atoms with E-state index in [0.29, 0.717) is 36.5 Å². The zero-order valence-corrected chi connectivity index (χ0v) is 18.2. The molecule has 4 heteroatoms. The molecule has 0 atom stereocenters. The number of allylic oxidation sites excluding steroid dienone is 2. The number of hydrogen-bond donors (Lipinski definition) is 0. The first-order valence-corrected chi connectivity index (χ1v) is 10.6. The van der Waals surface area contributed by atoms with Crippen LogP contribution >= 0.6 is 0 Å². The lowest BCUT2D eigenvalue weighted by Crippen LogP contribution is -1.93. The Morgan fingerprint density at radius 2 is 1.74 bits per heavy atom. The summed E-state index contributed by atoms with van der Waals surface area (Å²) in [5.74, 6) is 1.77. The fourth-order valence-corrected chi connectivity index (χ4v) is 3.28. The lowest BCUT2D eigenvalue weighted by atomic mass is 10.0. The van der Waals surface area contributed by atoms with Crippen LogP contribution in [-0.4, -0.2) is 6.61 Å². The fourth-order valence-electron chi connectivity index (χ4n) is 3.28. The van der Waals surface area contributed by atoms with Crippen LogP contribution in [0.15, 0.2) is 78.6 Å². The van der Waals surface area contributed by atoms with Crippen molar-refractivity contribution in [1.29, 1.82) is 0 Å². The van der Waals surface area contributed by atoms with Crippen molar-refractivity contribution >= 4 is 0 Å². The molecule has 0 saturated heterocycles. The molecule has 0 aliphatic carbocycles. The fraction of sp³-hybridized carbons (Fsp3) is 0.259. The van der Waals surface area contributed by atoms with Crippen LogP contribution in [-0.2, 0) is 6.42 Å². The Bertz CT molecular complexity index is 1020. The van der Waals surface area contributed by atoms with Gasteiger partial charge in [0.05, 0.1) is 12.4 Å². The van der Waals surface area contributed by atoms with Gasteiger partial charge in [0.15, 0.2) is 0 Å². The Balaban J connectivity index is 1.81. The summed E-state index contributed by atoms with van der Waals surface area (Å²) < 4.78 is 39.5. The van der Waals surface area contributed by atoms with Gasteiger partial charge in [0.25, 0.3) is 0 Å². The first-order chi connectivity index (χ1) is 14.9. The van der Waals surface area contributed by atoms with Gasteiger partial charge in [-0.2, -0.15) is 0 Å². The topological polar surface area (TPSA) is 18.5 Å². The summed E-state index contributed by atoms with van der Waals surface area (Å²) in [4.78, 5) is 0. The van der Waals surface area contributed by atoms with Crippen LogP contribution in [0.25, 0.3) is 11.1 Å². The molecule has 3 aromatic carbocycles. The van der Waals surface area contributed by atoms with Crippen molar-refractivity contribution in [2.75, 3.05) is 6.61 Å². The monoisotopic (exact) mass is 422 g/mol. The molecule has 0 amide bonds. The van der Waals surface area contributed by atoms with Gasteiger partial charge in [0, 0.05) is 12.0 Å². The zero-order valence-electron chi connectivity index (χ0n) is 18.2. The van der Waals surface area contributed by atoms with Gasteiger partial charge in [-0.15, -0.1) is 0 Å². The quantitative estimate of drug-likeness (QED) is 0.347. The molecule has 0 radical (unpaired) electrons. The maximum absolute atomic E-state index is 14.0. The third-order valence-electron chi connectivity index (χ3n) is 4.71. The van der Waals surface area contributed by atoms with Crippen LogP contribution in [0.1, 0.15) is 32.8 Å². The van der Waals surface area contributed by atoms with Crippen LogP contribution in [0.4, 0.5) is 8.78 Å². The first-order valence-electron chi connectivity index (χ1n) is 10.6. The Morgan fingerprint density at radius 3 is 2.45 bits per heavy atom. The number of hydrogen-bond acceptors (Lipinski definition) is 2. The van der Waals surface area contributed by atoms with Gasteiger partial charge in [0.1, 0.15) is 23.1 Å². The number of benzene rings is 3. The van der Waals surface area contributed by atoms with Crippen LogP contribution in [0.2, 0.25) is 0 Å². The Labute approximate surface area is 183 Å². The van der Waals surface area contributed by atoms with Crippen molar-refractivity contribution in [2.45, 2.75) is 33.6 Å². The average Bonchev–Trinajstić information content (AvgIpc) is 2.74. The zero-order chi connectivity index (χ0) is 22.2. The van der Waals surface area contributed by atoms with E-state index in [-0.39, 0.29) is 17.6 Å². The van der Waals surface area contributed by atoms with Crippen LogP contribution in [0.3, 0.4) is 0 Å². The Kier molecular flexibility index (Phi) is 7.82. The maximum Gasteiger partial charge on any atom is 0.135 e. The lowest BCUT2D eigenvalue weighted by Gasteiger charge is -2.13. The van der Waals surface area contributed by atoms with Crippen molar-refractivity contribution in [3.8, 4) is 28.4 Å². The molecule has 0 aromatic heterocycles. The molecular formula is C27H28F2O2. The van der Waals surface area contributed by atoms with Crippen LogP contribution < -0.4 is 9.47 Å². The summed E-state index contributed by atoms with van der Waals surface area (Å²) >= 11 is 0. The highest BCUT2D eigenvalue weighted by molar-refractivity contribution is 5.71. The van der Waals surface area contributed by atoms with Gasteiger partial charge in [-0.1, -0.05) is 38.1 Å². The van der Waals surface area contributed by atoms with E-state index in [4.69, 9.17) is 9.47 Å². The van der Waals surface area contributed by atoms with Crippen molar-refractivity contribution < 1.29 is 18.3 Å². The normalized spacial score (nSPS) is 11.6. The molecule has 0 spiro atoms. The molecule has 0 N–H and O–H groups in total. The molecule has 2 nitrogen and oxygen atoms in total. The summed E-state index contributed by atoms with van der Waals surface area (Å²) in [6.45, 7) is 6.49. The van der Waals surface area contributed by atoms with Gasteiger partial charge in [-0.25, -0.2) is 8.78 Å². The molecule has 0 aliphatic rings. The second-order valence-electron chi connectivity index (χ2n) is 7.80. The number of rotatable bonds is 9. The molecule has 3 aromatic rings. The van der Waals surface area contributed by atoms with Crippen molar-refractivity contribution in [1.82, 2.24) is 0 Å². The van der Waals surface area contributed by atoms with Crippen LogP contribution in [0, 0.1) is 11.7 Å². The van der Waals surface area contributed by atoms with Gasteiger partial charge < -0.3 is 9.47 Å². The average molecular weight is 423 g/mol. The molecule has 0 unspecified atom stereocenters. The molecule has 0 aliphatic heterocycles. The minimum absolute atomic E-state index is 0.0994. The van der Waals surface area contributed by atoms with Gasteiger partial charge in [-0.3, -0.25) is 0 Å². The van der Waals surface area contributed by atoms with E-state index in [2.05, 4.69) is 0 Å². The van der Waals surface area contributed by atoms with E-state index in [1.807, 2.05) is 69.3 Å². The third kappa shape index (κ3) is 6.68. The molecule has 162 valence electrons. The highest BCUT2D eigenvalue weighted by Crippen LogP contribution is 2.35. The van der Waals surface area contributed by atoms with E-state index in [9.17, 15) is 8.78 Å². The number of halogens is 2. The van der Waals surface area contributed by atoms with E-state index >= 15 is 0 Å². The largest absolute Gasteiger partial charge is 0.494 e. The molecular weight excluding hydrogens is 394 g/mol. The summed E-state index contributed by atoms with van der Waals surface area (Å²) in [5, 5.41) is 0. The van der Waals surface area contributed by atoms with E-state index in [0.717, 1.165) is 16.9 Å². The third-order valence-corrected chi connectivity index (χ3v) is 4.71. The highest BCUT2D eigenvalue weighted by Gasteiger charge is 2.10. The molecule has 0 bridgehead atoms. The second-order valence-corrected chi connectivity index (χ2v) is 7.80. The van der Waals surface area contributed by atoms with E-state index in [1.165, 1.54) is 12.1 Å². The van der Waals surface area contributed by atoms with Crippen LogP contribution in [0.5, 0.6) is 17.2 Å². The number of ether oxygens (including phenoxy) is 2. The summed E-state index contributed by atoms with van der Waals surface area (Å²) in [5.41, 5.74) is 2.42.